The van der Waals surface area contributed by atoms with Gasteiger partial charge in [-0.05, 0) is 44.9 Å². The molecule has 140 valence electrons. The summed E-state index contributed by atoms with van der Waals surface area (Å²) in [5.74, 6) is -0.0661. The van der Waals surface area contributed by atoms with Crippen molar-refractivity contribution in [2.75, 3.05) is 7.11 Å². The zero-order chi connectivity index (χ0) is 17.3. The van der Waals surface area contributed by atoms with Crippen molar-refractivity contribution in [2.24, 2.45) is 0 Å². The molecule has 2 nitrogen and oxygen atoms in total. The van der Waals surface area contributed by atoms with Crippen molar-refractivity contribution >= 4 is 5.97 Å². The van der Waals surface area contributed by atoms with Gasteiger partial charge in [0.05, 0.1) is 7.11 Å². The molecule has 0 N–H and O–H groups in total. The Morgan fingerprint density at radius 2 is 1.29 bits per heavy atom. The van der Waals surface area contributed by atoms with Crippen molar-refractivity contribution in [1.29, 1.82) is 0 Å². The minimum absolute atomic E-state index is 0.0661. The minimum atomic E-state index is -0.0661. The molecule has 0 atom stereocenters. The van der Waals surface area contributed by atoms with Crippen LogP contribution in [0.5, 0.6) is 0 Å². The SMILES string of the molecule is COC(=O)CCCCCCCCCC=C1CCCCCCCCC1. The maximum absolute atomic E-state index is 11.0. The Balaban J connectivity index is 1.96. The number of unbranched alkanes of at least 4 members (excludes halogenated alkanes) is 7. The molecule has 0 heterocycles. The summed E-state index contributed by atoms with van der Waals surface area (Å²) in [6.07, 6.45) is 26.0. The third-order valence-corrected chi connectivity index (χ3v) is 5.24. The summed E-state index contributed by atoms with van der Waals surface area (Å²) in [5, 5.41) is 0. The Kier molecular flexibility index (Phi) is 13.9. The summed E-state index contributed by atoms with van der Waals surface area (Å²) in [6, 6.07) is 0. The van der Waals surface area contributed by atoms with Crippen molar-refractivity contribution in [3.8, 4) is 0 Å². The standard InChI is InChI=1S/C22H40O2/c1-24-22(23)20-16-12-8-3-2-5-9-13-17-21-18-14-10-6-4-7-11-15-19-21/h17H,2-16,18-20H2,1H3. The van der Waals surface area contributed by atoms with Gasteiger partial charge in [0.25, 0.3) is 0 Å². The number of ether oxygens (including phenoxy) is 1. The Morgan fingerprint density at radius 1 is 0.792 bits per heavy atom. The fourth-order valence-electron chi connectivity index (χ4n) is 3.62. The molecule has 0 aromatic carbocycles. The second-order valence-electron chi connectivity index (χ2n) is 7.43. The van der Waals surface area contributed by atoms with Crippen molar-refractivity contribution in [2.45, 2.75) is 116 Å². The van der Waals surface area contributed by atoms with Crippen LogP contribution in [0.2, 0.25) is 0 Å². The lowest BCUT2D eigenvalue weighted by Gasteiger charge is -2.11. The van der Waals surface area contributed by atoms with Crippen molar-refractivity contribution in [3.63, 3.8) is 0 Å². The van der Waals surface area contributed by atoms with Crippen molar-refractivity contribution in [1.82, 2.24) is 0 Å². The number of hydrogen-bond acceptors (Lipinski definition) is 2. The van der Waals surface area contributed by atoms with E-state index in [0.717, 1.165) is 6.42 Å². The van der Waals surface area contributed by atoms with Crippen LogP contribution >= 0.6 is 0 Å². The molecule has 1 aliphatic carbocycles. The van der Waals surface area contributed by atoms with Crippen LogP contribution in [-0.2, 0) is 9.53 Å². The quantitative estimate of drug-likeness (QED) is 0.241. The van der Waals surface area contributed by atoms with Gasteiger partial charge in [0, 0.05) is 6.42 Å². The Morgan fingerprint density at radius 3 is 1.88 bits per heavy atom. The first kappa shape index (κ1) is 21.3. The van der Waals surface area contributed by atoms with Gasteiger partial charge < -0.3 is 4.74 Å². The summed E-state index contributed by atoms with van der Waals surface area (Å²) in [5.41, 5.74) is 1.75. The van der Waals surface area contributed by atoms with Crippen LogP contribution in [0.25, 0.3) is 0 Å². The topological polar surface area (TPSA) is 26.3 Å². The van der Waals surface area contributed by atoms with Crippen molar-refractivity contribution in [3.05, 3.63) is 11.6 Å². The molecule has 0 aromatic rings. The van der Waals surface area contributed by atoms with Gasteiger partial charge in [-0.25, -0.2) is 0 Å². The fraction of sp³-hybridized carbons (Fsp3) is 0.864. The molecule has 0 bridgehead atoms. The molecule has 1 saturated carbocycles. The highest BCUT2D eigenvalue weighted by Crippen LogP contribution is 2.22. The summed E-state index contributed by atoms with van der Waals surface area (Å²) in [6.45, 7) is 0. The van der Waals surface area contributed by atoms with Crippen LogP contribution < -0.4 is 0 Å². The smallest absolute Gasteiger partial charge is 0.305 e. The number of hydrogen-bond donors (Lipinski definition) is 0. The lowest BCUT2D eigenvalue weighted by atomic mass is 9.96. The van der Waals surface area contributed by atoms with Crippen LogP contribution in [0.1, 0.15) is 116 Å². The third-order valence-electron chi connectivity index (χ3n) is 5.24. The van der Waals surface area contributed by atoms with Crippen molar-refractivity contribution < 1.29 is 9.53 Å². The Hall–Kier alpha value is -0.790. The molecular weight excluding hydrogens is 296 g/mol. The van der Waals surface area contributed by atoms with Gasteiger partial charge >= 0.3 is 5.97 Å². The Bertz CT molecular complexity index is 321. The highest BCUT2D eigenvalue weighted by Gasteiger charge is 2.02. The second kappa shape index (κ2) is 15.7. The monoisotopic (exact) mass is 336 g/mol. The van der Waals surface area contributed by atoms with E-state index in [1.165, 1.54) is 110 Å². The van der Waals surface area contributed by atoms with E-state index >= 15 is 0 Å². The number of allylic oxidation sites excluding steroid dienone is 2. The van der Waals surface area contributed by atoms with Gasteiger partial charge in [0.1, 0.15) is 0 Å². The lowest BCUT2D eigenvalue weighted by molar-refractivity contribution is -0.140. The maximum atomic E-state index is 11.0. The number of methoxy groups -OCH3 is 1. The van der Waals surface area contributed by atoms with Gasteiger partial charge in [-0.3, -0.25) is 4.79 Å². The molecule has 0 amide bonds. The van der Waals surface area contributed by atoms with E-state index in [0.29, 0.717) is 6.42 Å². The third kappa shape index (κ3) is 12.6. The highest BCUT2D eigenvalue weighted by atomic mass is 16.5. The molecule has 1 rings (SSSR count). The van der Waals surface area contributed by atoms with Gasteiger partial charge in [-0.1, -0.05) is 75.9 Å². The molecule has 0 aromatic heterocycles. The number of carbonyl (C=O) groups excluding carboxylic acids is 1. The van der Waals surface area contributed by atoms with Gasteiger partial charge in [0.15, 0.2) is 0 Å². The Labute approximate surface area is 150 Å². The molecule has 0 saturated heterocycles. The average Bonchev–Trinajstić information content (AvgIpc) is 2.61. The van der Waals surface area contributed by atoms with Gasteiger partial charge in [-0.15, -0.1) is 0 Å². The second-order valence-corrected chi connectivity index (χ2v) is 7.43. The van der Waals surface area contributed by atoms with Crippen LogP contribution in [0.4, 0.5) is 0 Å². The van der Waals surface area contributed by atoms with Crippen LogP contribution in [0.15, 0.2) is 11.6 Å². The summed E-state index contributed by atoms with van der Waals surface area (Å²) >= 11 is 0. The van der Waals surface area contributed by atoms with Crippen LogP contribution in [0.3, 0.4) is 0 Å². The summed E-state index contributed by atoms with van der Waals surface area (Å²) in [7, 11) is 1.47. The van der Waals surface area contributed by atoms with Gasteiger partial charge in [0.2, 0.25) is 0 Å². The van der Waals surface area contributed by atoms with Crippen LogP contribution in [0, 0.1) is 0 Å². The summed E-state index contributed by atoms with van der Waals surface area (Å²) in [4.78, 5) is 11.0. The van der Waals surface area contributed by atoms with Crippen LogP contribution in [-0.4, -0.2) is 13.1 Å². The first-order valence-electron chi connectivity index (χ1n) is 10.6. The van der Waals surface area contributed by atoms with E-state index in [9.17, 15) is 4.79 Å². The number of rotatable bonds is 10. The molecule has 1 fully saturated rings. The average molecular weight is 337 g/mol. The molecule has 1 aliphatic rings. The molecule has 24 heavy (non-hydrogen) atoms. The molecule has 0 unspecified atom stereocenters. The molecular formula is C22H40O2. The normalized spacial score (nSPS) is 16.6. The predicted octanol–water partition coefficient (Wildman–Crippen LogP) is 7.12. The molecule has 2 heteroatoms. The zero-order valence-corrected chi connectivity index (χ0v) is 16.1. The van der Waals surface area contributed by atoms with E-state index in [1.54, 1.807) is 5.57 Å². The maximum Gasteiger partial charge on any atom is 0.305 e. The van der Waals surface area contributed by atoms with E-state index in [2.05, 4.69) is 10.8 Å². The van der Waals surface area contributed by atoms with E-state index < -0.39 is 0 Å². The van der Waals surface area contributed by atoms with Gasteiger partial charge in [-0.2, -0.15) is 0 Å². The minimum Gasteiger partial charge on any atom is -0.469 e. The molecule has 0 aliphatic heterocycles. The molecule has 0 spiro atoms. The number of carbonyl (C=O) groups is 1. The van der Waals surface area contributed by atoms with E-state index in [4.69, 9.17) is 0 Å². The van der Waals surface area contributed by atoms with E-state index in [1.807, 2.05) is 0 Å². The lowest BCUT2D eigenvalue weighted by Crippen LogP contribution is -1.99. The molecule has 0 radical (unpaired) electrons. The predicted molar refractivity (Wildman–Crippen MR) is 103 cm³/mol. The summed E-state index contributed by atoms with van der Waals surface area (Å²) < 4.78 is 4.66. The zero-order valence-electron chi connectivity index (χ0n) is 16.1. The first-order chi connectivity index (χ1) is 11.8. The largest absolute Gasteiger partial charge is 0.469 e. The number of esters is 1. The fourth-order valence-corrected chi connectivity index (χ4v) is 3.62. The highest BCUT2D eigenvalue weighted by molar-refractivity contribution is 5.68. The first-order valence-corrected chi connectivity index (χ1v) is 10.6. The van der Waals surface area contributed by atoms with E-state index in [-0.39, 0.29) is 5.97 Å².